The first kappa shape index (κ1) is 12.0. The number of hydrogen-bond donors (Lipinski definition) is 1. The maximum atomic E-state index is 5.73. The highest BCUT2D eigenvalue weighted by atomic mass is 16.5. The van der Waals surface area contributed by atoms with Crippen LogP contribution in [0.2, 0.25) is 0 Å². The van der Waals surface area contributed by atoms with Gasteiger partial charge in [-0.05, 0) is 18.8 Å². The van der Waals surface area contributed by atoms with Crippen molar-refractivity contribution >= 4 is 0 Å². The van der Waals surface area contributed by atoms with Crippen molar-refractivity contribution in [1.29, 1.82) is 0 Å². The Morgan fingerprint density at radius 3 is 2.50 bits per heavy atom. The van der Waals surface area contributed by atoms with Crippen LogP contribution in [-0.2, 0) is 9.47 Å². The summed E-state index contributed by atoms with van der Waals surface area (Å²) in [4.78, 5) is 0. The number of rotatable bonds is 8. The van der Waals surface area contributed by atoms with Gasteiger partial charge in [0.25, 0.3) is 0 Å². The molecule has 3 nitrogen and oxygen atoms in total. The van der Waals surface area contributed by atoms with Gasteiger partial charge in [0.1, 0.15) is 0 Å². The van der Waals surface area contributed by atoms with Crippen molar-refractivity contribution < 1.29 is 9.47 Å². The number of ether oxygens (including phenoxy) is 2. The minimum Gasteiger partial charge on any atom is -0.382 e. The third kappa shape index (κ3) is 4.94. The Bertz CT molecular complexity index is 146. The summed E-state index contributed by atoms with van der Waals surface area (Å²) >= 11 is 0. The molecule has 84 valence electrons. The first-order valence-electron chi connectivity index (χ1n) is 5.58. The standard InChI is InChI=1S/C11H23NO2/c1-9(2)11(14-7-6-13-3)8-12-10-4-5-10/h9-12H,4-8H2,1-3H3. The number of methoxy groups -OCH3 is 1. The van der Waals surface area contributed by atoms with E-state index in [0.29, 0.717) is 25.2 Å². The van der Waals surface area contributed by atoms with Crippen molar-refractivity contribution in [3.05, 3.63) is 0 Å². The normalized spacial score (nSPS) is 18.9. The fourth-order valence-electron chi connectivity index (χ4n) is 1.34. The lowest BCUT2D eigenvalue weighted by Gasteiger charge is -2.21. The molecular weight excluding hydrogens is 178 g/mol. The molecule has 1 aliphatic carbocycles. The van der Waals surface area contributed by atoms with Crippen LogP contribution in [0.5, 0.6) is 0 Å². The summed E-state index contributed by atoms with van der Waals surface area (Å²) in [5.74, 6) is 0.568. The van der Waals surface area contributed by atoms with Crippen LogP contribution in [0.25, 0.3) is 0 Å². The molecule has 0 aliphatic heterocycles. The van der Waals surface area contributed by atoms with Gasteiger partial charge in [0.15, 0.2) is 0 Å². The number of nitrogens with one attached hydrogen (secondary N) is 1. The minimum atomic E-state index is 0.325. The van der Waals surface area contributed by atoms with E-state index in [0.717, 1.165) is 12.6 Å². The van der Waals surface area contributed by atoms with Gasteiger partial charge in [0, 0.05) is 19.7 Å². The zero-order chi connectivity index (χ0) is 10.4. The second-order valence-electron chi connectivity index (χ2n) is 4.33. The monoisotopic (exact) mass is 201 g/mol. The Kier molecular flexibility index (Phi) is 5.45. The molecule has 14 heavy (non-hydrogen) atoms. The van der Waals surface area contributed by atoms with Gasteiger partial charge < -0.3 is 14.8 Å². The van der Waals surface area contributed by atoms with Gasteiger partial charge in [0.2, 0.25) is 0 Å². The molecule has 1 atom stereocenters. The SMILES string of the molecule is COCCOC(CNC1CC1)C(C)C. The summed E-state index contributed by atoms with van der Waals surface area (Å²) in [5.41, 5.74) is 0. The summed E-state index contributed by atoms with van der Waals surface area (Å²) in [6.07, 6.45) is 3.00. The maximum absolute atomic E-state index is 5.73. The molecule has 1 rings (SSSR count). The lowest BCUT2D eigenvalue weighted by Crippen LogP contribution is -2.35. The fraction of sp³-hybridized carbons (Fsp3) is 1.00. The summed E-state index contributed by atoms with van der Waals surface area (Å²) in [6, 6.07) is 0.766. The molecule has 1 fully saturated rings. The van der Waals surface area contributed by atoms with Crippen molar-refractivity contribution in [2.45, 2.75) is 38.8 Å². The van der Waals surface area contributed by atoms with E-state index >= 15 is 0 Å². The lowest BCUT2D eigenvalue weighted by atomic mass is 10.1. The Morgan fingerprint density at radius 1 is 1.29 bits per heavy atom. The van der Waals surface area contributed by atoms with E-state index in [1.165, 1.54) is 12.8 Å². The predicted octanol–water partition coefficient (Wildman–Crippen LogP) is 1.43. The van der Waals surface area contributed by atoms with Crippen LogP contribution >= 0.6 is 0 Å². The van der Waals surface area contributed by atoms with Crippen LogP contribution in [0.3, 0.4) is 0 Å². The molecule has 1 unspecified atom stereocenters. The molecule has 0 saturated heterocycles. The molecule has 0 amide bonds. The van der Waals surface area contributed by atoms with Crippen molar-refractivity contribution in [2.75, 3.05) is 26.9 Å². The summed E-state index contributed by atoms with van der Waals surface area (Å²) in [6.45, 7) is 6.77. The second kappa shape index (κ2) is 6.38. The third-order valence-corrected chi connectivity index (χ3v) is 2.55. The van der Waals surface area contributed by atoms with E-state index in [2.05, 4.69) is 19.2 Å². The van der Waals surface area contributed by atoms with Gasteiger partial charge >= 0.3 is 0 Å². The molecule has 0 aromatic rings. The predicted molar refractivity (Wildman–Crippen MR) is 57.5 cm³/mol. The molecule has 0 heterocycles. The topological polar surface area (TPSA) is 30.5 Å². The van der Waals surface area contributed by atoms with E-state index in [9.17, 15) is 0 Å². The Hall–Kier alpha value is -0.120. The van der Waals surface area contributed by atoms with Gasteiger partial charge in [-0.25, -0.2) is 0 Å². The van der Waals surface area contributed by atoms with E-state index in [1.807, 2.05) is 0 Å². The molecule has 0 radical (unpaired) electrons. The molecule has 0 spiro atoms. The van der Waals surface area contributed by atoms with Crippen LogP contribution in [-0.4, -0.2) is 39.0 Å². The van der Waals surface area contributed by atoms with Crippen molar-refractivity contribution in [2.24, 2.45) is 5.92 Å². The van der Waals surface area contributed by atoms with Crippen LogP contribution in [0.4, 0.5) is 0 Å². The highest BCUT2D eigenvalue weighted by molar-refractivity contribution is 4.82. The molecule has 0 aromatic heterocycles. The molecule has 3 heteroatoms. The van der Waals surface area contributed by atoms with Crippen LogP contribution in [0.1, 0.15) is 26.7 Å². The average molecular weight is 201 g/mol. The van der Waals surface area contributed by atoms with E-state index in [4.69, 9.17) is 9.47 Å². The summed E-state index contributed by atoms with van der Waals surface area (Å²) in [5, 5.41) is 3.50. The lowest BCUT2D eigenvalue weighted by molar-refractivity contribution is -0.00476. The third-order valence-electron chi connectivity index (χ3n) is 2.55. The van der Waals surface area contributed by atoms with Crippen molar-refractivity contribution in [1.82, 2.24) is 5.32 Å². The highest BCUT2D eigenvalue weighted by Crippen LogP contribution is 2.19. The van der Waals surface area contributed by atoms with Gasteiger partial charge in [-0.3, -0.25) is 0 Å². The molecule has 0 bridgehead atoms. The van der Waals surface area contributed by atoms with Crippen LogP contribution in [0, 0.1) is 5.92 Å². The quantitative estimate of drug-likeness (QED) is 0.603. The first-order valence-corrected chi connectivity index (χ1v) is 5.58. The second-order valence-corrected chi connectivity index (χ2v) is 4.33. The van der Waals surface area contributed by atoms with Gasteiger partial charge in [-0.15, -0.1) is 0 Å². The Labute approximate surface area is 87.2 Å². The Morgan fingerprint density at radius 2 is 2.00 bits per heavy atom. The largest absolute Gasteiger partial charge is 0.382 e. The van der Waals surface area contributed by atoms with Crippen LogP contribution < -0.4 is 5.32 Å². The van der Waals surface area contributed by atoms with Gasteiger partial charge in [-0.2, -0.15) is 0 Å². The van der Waals surface area contributed by atoms with E-state index < -0.39 is 0 Å². The van der Waals surface area contributed by atoms with E-state index in [-0.39, 0.29) is 0 Å². The fourth-order valence-corrected chi connectivity index (χ4v) is 1.34. The maximum Gasteiger partial charge on any atom is 0.0723 e. The molecule has 1 aliphatic rings. The van der Waals surface area contributed by atoms with Crippen molar-refractivity contribution in [3.8, 4) is 0 Å². The zero-order valence-corrected chi connectivity index (χ0v) is 9.58. The van der Waals surface area contributed by atoms with Crippen LogP contribution in [0.15, 0.2) is 0 Å². The van der Waals surface area contributed by atoms with E-state index in [1.54, 1.807) is 7.11 Å². The molecular formula is C11H23NO2. The first-order chi connectivity index (χ1) is 6.74. The zero-order valence-electron chi connectivity index (χ0n) is 9.58. The molecule has 1 N–H and O–H groups in total. The van der Waals surface area contributed by atoms with Gasteiger partial charge in [-0.1, -0.05) is 13.8 Å². The highest BCUT2D eigenvalue weighted by Gasteiger charge is 2.23. The number of hydrogen-bond acceptors (Lipinski definition) is 3. The molecule has 1 saturated carbocycles. The smallest absolute Gasteiger partial charge is 0.0723 e. The Balaban J connectivity index is 2.09. The molecule has 0 aromatic carbocycles. The van der Waals surface area contributed by atoms with Gasteiger partial charge in [0.05, 0.1) is 19.3 Å². The summed E-state index contributed by atoms with van der Waals surface area (Å²) in [7, 11) is 1.70. The minimum absolute atomic E-state index is 0.325. The summed E-state index contributed by atoms with van der Waals surface area (Å²) < 4.78 is 10.7. The average Bonchev–Trinajstić information content (AvgIpc) is 2.94. The van der Waals surface area contributed by atoms with Crippen molar-refractivity contribution in [3.63, 3.8) is 0 Å².